The lowest BCUT2D eigenvalue weighted by Crippen LogP contribution is -2.47. The minimum Gasteiger partial charge on any atom is -0.263 e. The molecule has 0 heterocycles. The Morgan fingerprint density at radius 2 is 1.40 bits per heavy atom. The Morgan fingerprint density at radius 3 is 1.60 bits per heavy atom. The van der Waals surface area contributed by atoms with E-state index in [9.17, 15) is 39.6 Å². The SMILES string of the molecule is CN(C(=O)C(F)(F)F)S(=O)(=O)C(F)(F)F. The normalized spacial score (nSPS) is 13.8. The third-order valence-electron chi connectivity index (χ3n) is 1.18. The monoisotopic (exact) mass is 259 g/mol. The van der Waals surface area contributed by atoms with E-state index in [1.54, 1.807) is 0 Å². The molecule has 0 saturated carbocycles. The van der Waals surface area contributed by atoms with Crippen molar-refractivity contribution >= 4 is 15.9 Å². The van der Waals surface area contributed by atoms with Gasteiger partial charge in [0.15, 0.2) is 0 Å². The minimum absolute atomic E-state index is 0.126. The highest BCUT2D eigenvalue weighted by Crippen LogP contribution is 2.28. The molecule has 0 fully saturated rings. The maximum atomic E-state index is 11.7. The summed E-state index contributed by atoms with van der Waals surface area (Å²) in [6.07, 6.45) is -5.69. The number of hydrogen-bond acceptors (Lipinski definition) is 3. The van der Waals surface area contributed by atoms with Crippen LogP contribution in [0.2, 0.25) is 0 Å². The summed E-state index contributed by atoms with van der Waals surface area (Å²) in [6.45, 7) is 0. The van der Waals surface area contributed by atoms with E-state index in [4.69, 9.17) is 0 Å². The van der Waals surface area contributed by atoms with Gasteiger partial charge in [-0.3, -0.25) is 4.79 Å². The van der Waals surface area contributed by atoms with E-state index in [1.165, 1.54) is 0 Å². The average molecular weight is 259 g/mol. The van der Waals surface area contributed by atoms with Crippen LogP contribution in [-0.2, 0) is 14.8 Å². The van der Waals surface area contributed by atoms with E-state index in [-0.39, 0.29) is 7.05 Å². The fourth-order valence-electron chi connectivity index (χ4n) is 0.443. The van der Waals surface area contributed by atoms with Crippen LogP contribution in [0.1, 0.15) is 0 Å². The number of halogens is 6. The fraction of sp³-hybridized carbons (Fsp3) is 0.750. The van der Waals surface area contributed by atoms with Crippen molar-refractivity contribution in [2.45, 2.75) is 11.7 Å². The van der Waals surface area contributed by atoms with Crippen molar-refractivity contribution in [2.24, 2.45) is 0 Å². The number of sulfonamides is 1. The third kappa shape index (κ3) is 2.73. The van der Waals surface area contributed by atoms with Gasteiger partial charge < -0.3 is 0 Å². The van der Waals surface area contributed by atoms with Crippen LogP contribution in [0.25, 0.3) is 0 Å². The van der Waals surface area contributed by atoms with E-state index < -0.39 is 31.9 Å². The second-order valence-corrected chi connectivity index (χ2v) is 4.18. The number of rotatable bonds is 1. The van der Waals surface area contributed by atoms with Crippen LogP contribution >= 0.6 is 0 Å². The molecular formula is C4H3F6NO3S. The third-order valence-corrected chi connectivity index (χ3v) is 2.65. The van der Waals surface area contributed by atoms with E-state index in [2.05, 4.69) is 0 Å². The van der Waals surface area contributed by atoms with Crippen LogP contribution < -0.4 is 0 Å². The molecule has 4 nitrogen and oxygen atoms in total. The molecule has 0 unspecified atom stereocenters. The molecule has 0 aromatic heterocycles. The fourth-order valence-corrected chi connectivity index (χ4v) is 1.08. The highest BCUT2D eigenvalue weighted by Gasteiger charge is 2.55. The van der Waals surface area contributed by atoms with Crippen molar-refractivity contribution in [1.82, 2.24) is 4.31 Å². The molecular weight excluding hydrogens is 256 g/mol. The van der Waals surface area contributed by atoms with Gasteiger partial charge in [0.2, 0.25) is 0 Å². The number of carbonyl (C=O) groups is 1. The second kappa shape index (κ2) is 3.54. The van der Waals surface area contributed by atoms with Gasteiger partial charge in [-0.2, -0.15) is 34.8 Å². The molecule has 0 aliphatic heterocycles. The number of alkyl halides is 6. The molecule has 0 aromatic carbocycles. The van der Waals surface area contributed by atoms with Crippen LogP contribution in [0, 0.1) is 0 Å². The number of hydrogen-bond donors (Lipinski definition) is 0. The summed E-state index contributed by atoms with van der Waals surface area (Å²) < 4.78 is 89.1. The minimum atomic E-state index is -6.30. The van der Waals surface area contributed by atoms with Gasteiger partial charge in [0.1, 0.15) is 0 Å². The van der Waals surface area contributed by atoms with Crippen LogP contribution in [0.5, 0.6) is 0 Å². The van der Waals surface area contributed by atoms with Gasteiger partial charge in [-0.15, -0.1) is 0 Å². The van der Waals surface area contributed by atoms with E-state index in [1.807, 2.05) is 0 Å². The van der Waals surface area contributed by atoms with Gasteiger partial charge in [-0.05, 0) is 0 Å². The molecule has 90 valence electrons. The van der Waals surface area contributed by atoms with E-state index in [0.29, 0.717) is 0 Å². The maximum Gasteiger partial charge on any atom is 0.516 e. The molecule has 11 heteroatoms. The first-order valence-corrected chi connectivity index (χ1v) is 4.42. The lowest BCUT2D eigenvalue weighted by atomic mass is 10.6. The number of nitrogens with zero attached hydrogens (tertiary/aromatic N) is 1. The van der Waals surface area contributed by atoms with Gasteiger partial charge >= 0.3 is 27.6 Å². The molecule has 0 N–H and O–H groups in total. The molecule has 0 bridgehead atoms. The molecule has 15 heavy (non-hydrogen) atoms. The zero-order chi connectivity index (χ0) is 12.7. The second-order valence-electron chi connectivity index (χ2n) is 2.22. The van der Waals surface area contributed by atoms with Gasteiger partial charge in [-0.1, -0.05) is 0 Å². The highest BCUT2D eigenvalue weighted by molar-refractivity contribution is 7.90. The molecule has 0 aromatic rings. The Morgan fingerprint density at radius 1 is 1.07 bits per heavy atom. The lowest BCUT2D eigenvalue weighted by Gasteiger charge is -2.19. The molecule has 0 saturated heterocycles. The van der Waals surface area contributed by atoms with Crippen LogP contribution in [0.4, 0.5) is 26.3 Å². The number of carbonyl (C=O) groups excluding carboxylic acids is 1. The van der Waals surface area contributed by atoms with Gasteiger partial charge in [0.25, 0.3) is 0 Å². The van der Waals surface area contributed by atoms with Crippen molar-refractivity contribution < 1.29 is 39.6 Å². The zero-order valence-corrected chi connectivity index (χ0v) is 7.66. The quantitative estimate of drug-likeness (QED) is 0.656. The van der Waals surface area contributed by atoms with E-state index >= 15 is 0 Å². The summed E-state index contributed by atoms with van der Waals surface area (Å²) in [5, 5.41) is 0. The highest BCUT2D eigenvalue weighted by atomic mass is 32.2. The predicted molar refractivity (Wildman–Crippen MR) is 33.8 cm³/mol. The van der Waals surface area contributed by atoms with Crippen molar-refractivity contribution in [2.75, 3.05) is 7.05 Å². The van der Waals surface area contributed by atoms with Gasteiger partial charge in [-0.25, -0.2) is 4.31 Å². The van der Waals surface area contributed by atoms with Crippen molar-refractivity contribution in [3.8, 4) is 0 Å². The topological polar surface area (TPSA) is 54.5 Å². The Balaban J connectivity index is 5.23. The van der Waals surface area contributed by atoms with Crippen molar-refractivity contribution in [1.29, 1.82) is 0 Å². The molecule has 0 rings (SSSR count). The Bertz CT molecular complexity index is 354. The molecule has 0 radical (unpaired) electrons. The summed E-state index contributed by atoms with van der Waals surface area (Å²) >= 11 is 0. The molecule has 0 aliphatic carbocycles. The van der Waals surface area contributed by atoms with Crippen molar-refractivity contribution in [3.05, 3.63) is 0 Å². The molecule has 0 aliphatic rings. The van der Waals surface area contributed by atoms with Crippen LogP contribution in [-0.4, -0.2) is 37.4 Å². The predicted octanol–water partition coefficient (Wildman–Crippen LogP) is 0.857. The van der Waals surface area contributed by atoms with Gasteiger partial charge in [0.05, 0.1) is 0 Å². The summed E-state index contributed by atoms with van der Waals surface area (Å²) in [5.74, 6) is -3.11. The summed E-state index contributed by atoms with van der Waals surface area (Å²) in [7, 11) is -6.42. The lowest BCUT2D eigenvalue weighted by molar-refractivity contribution is -0.180. The van der Waals surface area contributed by atoms with Crippen molar-refractivity contribution in [3.63, 3.8) is 0 Å². The maximum absolute atomic E-state index is 11.7. The smallest absolute Gasteiger partial charge is 0.263 e. The standard InChI is InChI=1S/C4H3F6NO3S/c1-11(2(12)3(5,6)7)15(13,14)4(8,9)10/h1H3. The molecule has 1 amide bonds. The summed E-state index contributed by atoms with van der Waals surface area (Å²) in [4.78, 5) is 10.2. The van der Waals surface area contributed by atoms with Crippen LogP contribution in [0.15, 0.2) is 0 Å². The first kappa shape index (κ1) is 14.0. The van der Waals surface area contributed by atoms with E-state index in [0.717, 1.165) is 0 Å². The van der Waals surface area contributed by atoms with Gasteiger partial charge in [0, 0.05) is 7.05 Å². The largest absolute Gasteiger partial charge is 0.516 e. The Hall–Kier alpha value is -1.00. The molecule has 0 atom stereocenters. The first-order chi connectivity index (χ1) is 6.32. The average Bonchev–Trinajstić information content (AvgIpc) is 1.97. The zero-order valence-electron chi connectivity index (χ0n) is 6.85. The Kier molecular flexibility index (Phi) is 3.30. The summed E-state index contributed by atoms with van der Waals surface area (Å²) in [5.41, 5.74) is -5.96. The molecule has 0 spiro atoms. The van der Waals surface area contributed by atoms with Crippen LogP contribution in [0.3, 0.4) is 0 Å². The summed E-state index contributed by atoms with van der Waals surface area (Å²) in [6, 6.07) is 0. The first-order valence-electron chi connectivity index (χ1n) is 2.98. The Labute approximate surface area is 79.5 Å². The number of amides is 1.